The third-order valence-corrected chi connectivity index (χ3v) is 3.20. The molecule has 0 aliphatic carbocycles. The Labute approximate surface area is 107 Å². The molecule has 1 heterocycles. The molecule has 0 atom stereocenters. The van der Waals surface area contributed by atoms with E-state index in [-0.39, 0.29) is 0 Å². The first kappa shape index (κ1) is 14.4. The van der Waals surface area contributed by atoms with Gasteiger partial charge in [0, 0.05) is 12.3 Å². The van der Waals surface area contributed by atoms with Gasteiger partial charge in [0.05, 0.1) is 34.2 Å². The Balaban J connectivity index is 2.37. The van der Waals surface area contributed by atoms with Crippen molar-refractivity contribution >= 4 is 11.8 Å². The summed E-state index contributed by atoms with van der Waals surface area (Å²) in [7, 11) is 6.51. The Morgan fingerprint density at radius 1 is 1.35 bits per heavy atom. The molecule has 1 N–H and O–H groups in total. The number of thioether (sulfide) groups is 1. The highest BCUT2D eigenvalue weighted by Gasteiger charge is 2.11. The van der Waals surface area contributed by atoms with Gasteiger partial charge in [0.1, 0.15) is 0 Å². The molecule has 1 aromatic rings. The van der Waals surface area contributed by atoms with Crippen LogP contribution in [-0.4, -0.2) is 71.2 Å². The van der Waals surface area contributed by atoms with Gasteiger partial charge in [-0.3, -0.25) is 0 Å². The molecule has 1 aromatic heterocycles. The van der Waals surface area contributed by atoms with Gasteiger partial charge >= 0.3 is 0 Å². The molecule has 0 aliphatic heterocycles. The smallest absolute Gasteiger partial charge is 0.209 e. The number of likely N-dealkylation sites (N-methyl/N-ethyl adjacent to an activating group) is 1. The van der Waals surface area contributed by atoms with E-state index in [1.807, 2.05) is 4.68 Å². The standard InChI is InChI=1S/C10H23N6S/c1-5-11-6-9-17-10-12-13-14-15(10)7-8-16(2,3)4/h11H,5-9H2,1-4H3/q+1. The summed E-state index contributed by atoms with van der Waals surface area (Å²) in [5, 5.41) is 16.0. The van der Waals surface area contributed by atoms with E-state index in [9.17, 15) is 0 Å². The summed E-state index contributed by atoms with van der Waals surface area (Å²) in [5.41, 5.74) is 0. The fourth-order valence-electron chi connectivity index (χ4n) is 1.23. The van der Waals surface area contributed by atoms with Crippen LogP contribution in [0.4, 0.5) is 0 Å². The van der Waals surface area contributed by atoms with Crippen LogP contribution in [0.3, 0.4) is 0 Å². The van der Waals surface area contributed by atoms with Gasteiger partial charge in [-0.1, -0.05) is 18.7 Å². The lowest BCUT2D eigenvalue weighted by molar-refractivity contribution is -0.871. The van der Waals surface area contributed by atoms with E-state index in [0.717, 1.165) is 41.6 Å². The van der Waals surface area contributed by atoms with Crippen LogP contribution >= 0.6 is 11.8 Å². The van der Waals surface area contributed by atoms with Crippen molar-refractivity contribution in [2.45, 2.75) is 18.6 Å². The van der Waals surface area contributed by atoms with Gasteiger partial charge in [-0.05, 0) is 17.0 Å². The molecule has 7 heteroatoms. The monoisotopic (exact) mass is 259 g/mol. The van der Waals surface area contributed by atoms with Crippen LogP contribution in [0.15, 0.2) is 5.16 Å². The van der Waals surface area contributed by atoms with Gasteiger partial charge in [0.15, 0.2) is 0 Å². The zero-order valence-electron chi connectivity index (χ0n) is 11.2. The number of nitrogens with one attached hydrogen (secondary N) is 1. The van der Waals surface area contributed by atoms with Crippen LogP contribution in [0.25, 0.3) is 0 Å². The fraction of sp³-hybridized carbons (Fsp3) is 0.900. The van der Waals surface area contributed by atoms with Crippen LogP contribution in [0, 0.1) is 0 Å². The summed E-state index contributed by atoms with van der Waals surface area (Å²) in [5.74, 6) is 0.999. The summed E-state index contributed by atoms with van der Waals surface area (Å²) in [6.45, 7) is 5.98. The largest absolute Gasteiger partial charge is 0.329 e. The predicted molar refractivity (Wildman–Crippen MR) is 70.0 cm³/mol. The van der Waals surface area contributed by atoms with E-state index >= 15 is 0 Å². The van der Waals surface area contributed by atoms with Gasteiger partial charge in [-0.25, -0.2) is 4.68 Å². The number of rotatable bonds is 8. The van der Waals surface area contributed by atoms with Crippen LogP contribution in [-0.2, 0) is 6.54 Å². The maximum absolute atomic E-state index is 4.04. The van der Waals surface area contributed by atoms with Crippen molar-refractivity contribution in [3.8, 4) is 0 Å². The van der Waals surface area contributed by atoms with Crippen molar-refractivity contribution in [3.05, 3.63) is 0 Å². The van der Waals surface area contributed by atoms with Gasteiger partial charge in [-0.15, -0.1) is 5.10 Å². The van der Waals surface area contributed by atoms with Gasteiger partial charge in [0.25, 0.3) is 0 Å². The molecule has 0 radical (unpaired) electrons. The average Bonchev–Trinajstić information content (AvgIpc) is 2.68. The zero-order chi connectivity index (χ0) is 12.7. The van der Waals surface area contributed by atoms with Crippen LogP contribution in [0.1, 0.15) is 6.92 Å². The first-order valence-electron chi connectivity index (χ1n) is 5.93. The zero-order valence-corrected chi connectivity index (χ0v) is 12.0. The van der Waals surface area contributed by atoms with Crippen molar-refractivity contribution < 1.29 is 4.48 Å². The Hall–Kier alpha value is -0.660. The number of hydrogen-bond donors (Lipinski definition) is 1. The second-order valence-corrected chi connectivity index (χ2v) is 5.96. The SMILES string of the molecule is CCNCCSc1nnnn1CC[N+](C)(C)C. The maximum atomic E-state index is 4.04. The van der Waals surface area contributed by atoms with Crippen LogP contribution in [0.2, 0.25) is 0 Å². The lowest BCUT2D eigenvalue weighted by Gasteiger charge is -2.23. The third kappa shape index (κ3) is 5.99. The molecule has 0 saturated carbocycles. The maximum Gasteiger partial charge on any atom is 0.209 e. The van der Waals surface area contributed by atoms with E-state index in [1.54, 1.807) is 11.8 Å². The van der Waals surface area contributed by atoms with Crippen LogP contribution < -0.4 is 5.32 Å². The van der Waals surface area contributed by atoms with E-state index in [4.69, 9.17) is 0 Å². The van der Waals surface area contributed by atoms with Crippen molar-refractivity contribution in [1.82, 2.24) is 25.5 Å². The summed E-state index contributed by atoms with van der Waals surface area (Å²) in [6.07, 6.45) is 0. The lowest BCUT2D eigenvalue weighted by Crippen LogP contribution is -2.37. The topological polar surface area (TPSA) is 55.6 Å². The molecule has 0 fully saturated rings. The van der Waals surface area contributed by atoms with Gasteiger partial charge in [0.2, 0.25) is 5.16 Å². The predicted octanol–water partition coefficient (Wildman–Crippen LogP) is 0.0809. The first-order valence-corrected chi connectivity index (χ1v) is 6.91. The summed E-state index contributed by atoms with van der Waals surface area (Å²) in [4.78, 5) is 0. The number of quaternary nitrogens is 1. The minimum absolute atomic E-state index is 0.861. The Morgan fingerprint density at radius 2 is 2.12 bits per heavy atom. The quantitative estimate of drug-likeness (QED) is 0.407. The summed E-state index contributed by atoms with van der Waals surface area (Å²) in [6, 6.07) is 0. The van der Waals surface area contributed by atoms with E-state index in [0.29, 0.717) is 0 Å². The van der Waals surface area contributed by atoms with Gasteiger partial charge in [-0.2, -0.15) is 0 Å². The Bertz CT molecular complexity index is 319. The average molecular weight is 259 g/mol. The molecule has 0 saturated heterocycles. The Morgan fingerprint density at radius 3 is 2.76 bits per heavy atom. The highest BCUT2D eigenvalue weighted by Crippen LogP contribution is 2.12. The highest BCUT2D eigenvalue weighted by molar-refractivity contribution is 7.99. The number of tetrazole rings is 1. The molecule has 0 aromatic carbocycles. The lowest BCUT2D eigenvalue weighted by atomic mass is 10.5. The molecule has 98 valence electrons. The third-order valence-electron chi connectivity index (χ3n) is 2.24. The second-order valence-electron chi connectivity index (χ2n) is 4.90. The number of hydrogen-bond acceptors (Lipinski definition) is 5. The van der Waals surface area contributed by atoms with E-state index in [2.05, 4.69) is 48.9 Å². The van der Waals surface area contributed by atoms with Crippen molar-refractivity contribution in [1.29, 1.82) is 0 Å². The van der Waals surface area contributed by atoms with Gasteiger partial charge < -0.3 is 9.80 Å². The molecular formula is C10H23N6S+. The second kappa shape index (κ2) is 6.93. The molecule has 0 spiro atoms. The molecule has 1 rings (SSSR count). The van der Waals surface area contributed by atoms with E-state index in [1.165, 1.54) is 0 Å². The molecule has 0 amide bonds. The highest BCUT2D eigenvalue weighted by atomic mass is 32.2. The molecule has 17 heavy (non-hydrogen) atoms. The number of nitrogens with zero attached hydrogens (tertiary/aromatic N) is 5. The molecule has 0 aliphatic rings. The number of aromatic nitrogens is 4. The Kier molecular flexibility index (Phi) is 5.87. The van der Waals surface area contributed by atoms with E-state index < -0.39 is 0 Å². The normalized spacial score (nSPS) is 12.0. The van der Waals surface area contributed by atoms with Crippen molar-refractivity contribution in [2.75, 3.05) is 46.5 Å². The first-order chi connectivity index (χ1) is 8.03. The van der Waals surface area contributed by atoms with Crippen molar-refractivity contribution in [2.24, 2.45) is 0 Å². The minimum atomic E-state index is 0.861. The molecular weight excluding hydrogens is 236 g/mol. The summed E-state index contributed by atoms with van der Waals surface area (Å²) < 4.78 is 2.81. The summed E-state index contributed by atoms with van der Waals surface area (Å²) >= 11 is 1.70. The fourth-order valence-corrected chi connectivity index (χ4v) is 2.03. The van der Waals surface area contributed by atoms with Crippen LogP contribution in [0.5, 0.6) is 0 Å². The minimum Gasteiger partial charge on any atom is -0.329 e. The molecule has 0 unspecified atom stereocenters. The molecule has 0 bridgehead atoms. The van der Waals surface area contributed by atoms with Crippen molar-refractivity contribution in [3.63, 3.8) is 0 Å². The molecule has 6 nitrogen and oxygen atoms in total.